The predicted octanol–water partition coefficient (Wildman–Crippen LogP) is 2.68. The third-order valence-corrected chi connectivity index (χ3v) is 6.16. The number of imide groups is 1. The van der Waals surface area contributed by atoms with Crippen molar-refractivity contribution in [2.75, 3.05) is 6.61 Å². The number of aromatic amines is 1. The first kappa shape index (κ1) is 22.0. The van der Waals surface area contributed by atoms with Gasteiger partial charge in [0.1, 0.15) is 11.3 Å². The van der Waals surface area contributed by atoms with E-state index in [0.29, 0.717) is 30.0 Å². The highest BCUT2D eigenvalue weighted by molar-refractivity contribution is 7.71. The van der Waals surface area contributed by atoms with Crippen LogP contribution in [0.15, 0.2) is 24.3 Å². The van der Waals surface area contributed by atoms with E-state index in [0.717, 1.165) is 35.6 Å². The molecule has 1 aliphatic carbocycles. The van der Waals surface area contributed by atoms with Crippen LogP contribution in [0.25, 0.3) is 11.4 Å². The summed E-state index contributed by atoms with van der Waals surface area (Å²) >= 11 is 5.31. The maximum atomic E-state index is 12.8. The molecule has 1 spiro atoms. The number of rotatable bonds is 7. The zero-order valence-electron chi connectivity index (χ0n) is 17.8. The maximum Gasteiger partial charge on any atom is 0.344 e. The molecule has 1 aromatic heterocycles. The van der Waals surface area contributed by atoms with E-state index in [1.807, 2.05) is 31.2 Å². The van der Waals surface area contributed by atoms with Crippen LogP contribution in [0, 0.1) is 4.77 Å². The molecule has 4 rings (SSSR count). The summed E-state index contributed by atoms with van der Waals surface area (Å²) in [6.07, 6.45) is 4.00. The molecule has 0 unspecified atom stereocenters. The van der Waals surface area contributed by atoms with Crippen LogP contribution in [-0.2, 0) is 16.1 Å². The Kier molecular flexibility index (Phi) is 6.26. The first-order valence-corrected chi connectivity index (χ1v) is 11.2. The summed E-state index contributed by atoms with van der Waals surface area (Å²) in [6, 6.07) is 6.82. The average molecular weight is 459 g/mol. The molecule has 11 heteroatoms. The minimum atomic E-state index is -0.878. The van der Waals surface area contributed by atoms with Gasteiger partial charge in [0.15, 0.2) is 10.6 Å². The lowest BCUT2D eigenvalue weighted by atomic mass is 9.82. The van der Waals surface area contributed by atoms with Crippen LogP contribution in [0.1, 0.15) is 45.4 Å². The van der Waals surface area contributed by atoms with Gasteiger partial charge in [0.2, 0.25) is 5.91 Å². The van der Waals surface area contributed by atoms with Gasteiger partial charge < -0.3 is 10.1 Å². The Balaban J connectivity index is 1.40. The SMILES string of the molecule is CCOc1ccc(-c2n[nH]c(=S)n2CCC(=O)NN2C(=O)NC3(CCCCC3)C2=O)cc1. The molecule has 170 valence electrons. The predicted molar refractivity (Wildman–Crippen MR) is 118 cm³/mol. The van der Waals surface area contributed by atoms with Crippen LogP contribution in [0.5, 0.6) is 5.75 Å². The normalized spacial score (nSPS) is 17.5. The van der Waals surface area contributed by atoms with Crippen molar-refractivity contribution >= 4 is 30.1 Å². The number of hydrogen-bond acceptors (Lipinski definition) is 6. The summed E-state index contributed by atoms with van der Waals surface area (Å²) in [4.78, 5) is 37.7. The molecule has 3 N–H and O–H groups in total. The lowest BCUT2D eigenvalue weighted by Crippen LogP contribution is -2.51. The summed E-state index contributed by atoms with van der Waals surface area (Å²) in [5, 5.41) is 10.6. The van der Waals surface area contributed by atoms with E-state index in [-0.39, 0.29) is 18.9 Å². The number of ether oxygens (including phenoxy) is 1. The number of hydrazine groups is 1. The smallest absolute Gasteiger partial charge is 0.344 e. The lowest BCUT2D eigenvalue weighted by molar-refractivity contribution is -0.140. The van der Waals surface area contributed by atoms with Crippen molar-refractivity contribution in [1.29, 1.82) is 0 Å². The quantitative estimate of drug-likeness (QED) is 0.433. The van der Waals surface area contributed by atoms with Crippen LogP contribution < -0.4 is 15.5 Å². The van der Waals surface area contributed by atoms with E-state index < -0.39 is 17.5 Å². The van der Waals surface area contributed by atoms with Gasteiger partial charge in [-0.15, -0.1) is 0 Å². The molecule has 2 aromatic rings. The first-order valence-electron chi connectivity index (χ1n) is 10.8. The Hall–Kier alpha value is -3.21. The fourth-order valence-electron chi connectivity index (χ4n) is 4.22. The molecule has 4 amide bonds. The fraction of sp³-hybridized carbons (Fsp3) is 0.476. The van der Waals surface area contributed by atoms with Crippen LogP contribution in [0.4, 0.5) is 4.79 Å². The number of urea groups is 1. The van der Waals surface area contributed by atoms with Crippen molar-refractivity contribution in [2.24, 2.45) is 0 Å². The summed E-state index contributed by atoms with van der Waals surface area (Å²) < 4.78 is 7.54. The number of aromatic nitrogens is 3. The first-order chi connectivity index (χ1) is 15.4. The molecule has 2 fully saturated rings. The Morgan fingerprint density at radius 1 is 1.22 bits per heavy atom. The lowest BCUT2D eigenvalue weighted by Gasteiger charge is -2.30. The molecule has 1 saturated heterocycles. The highest BCUT2D eigenvalue weighted by Gasteiger charge is 2.52. The number of amides is 4. The zero-order valence-corrected chi connectivity index (χ0v) is 18.7. The van der Waals surface area contributed by atoms with Crippen molar-refractivity contribution in [3.05, 3.63) is 29.0 Å². The van der Waals surface area contributed by atoms with E-state index in [2.05, 4.69) is 20.9 Å². The second-order valence-corrected chi connectivity index (χ2v) is 8.35. The van der Waals surface area contributed by atoms with Crippen LogP contribution in [0.3, 0.4) is 0 Å². The van der Waals surface area contributed by atoms with Gasteiger partial charge in [-0.3, -0.25) is 24.7 Å². The molecule has 10 nitrogen and oxygen atoms in total. The standard InChI is InChI=1S/C21H26N6O4S/c1-2-31-15-8-6-14(7-9-15)17-23-24-20(32)26(17)13-10-16(28)25-27-18(29)21(22-19(27)30)11-4-3-5-12-21/h6-9H,2-5,10-13H2,1H3,(H,22,30)(H,24,32)(H,25,28). The summed E-state index contributed by atoms with van der Waals surface area (Å²) in [7, 11) is 0. The van der Waals surface area contributed by atoms with Gasteiger partial charge in [-0.2, -0.15) is 10.1 Å². The Morgan fingerprint density at radius 3 is 2.62 bits per heavy atom. The third kappa shape index (κ3) is 4.24. The van der Waals surface area contributed by atoms with Crippen molar-refractivity contribution in [3.63, 3.8) is 0 Å². The summed E-state index contributed by atoms with van der Waals surface area (Å²) in [6.45, 7) is 2.72. The van der Waals surface area contributed by atoms with Crippen molar-refractivity contribution in [1.82, 2.24) is 30.5 Å². The monoisotopic (exact) mass is 458 g/mol. The van der Waals surface area contributed by atoms with Gasteiger partial charge in [-0.1, -0.05) is 19.3 Å². The summed E-state index contributed by atoms with van der Waals surface area (Å²) in [5.41, 5.74) is 2.39. The third-order valence-electron chi connectivity index (χ3n) is 5.85. The number of benzene rings is 1. The number of H-pyrrole nitrogens is 1. The van der Waals surface area contributed by atoms with Crippen LogP contribution in [-0.4, -0.2) is 49.8 Å². The van der Waals surface area contributed by atoms with Crippen LogP contribution in [0.2, 0.25) is 0 Å². The highest BCUT2D eigenvalue weighted by atomic mass is 32.1. The molecule has 0 radical (unpaired) electrons. The van der Waals surface area contributed by atoms with Crippen molar-refractivity contribution in [2.45, 2.75) is 57.5 Å². The van der Waals surface area contributed by atoms with E-state index in [1.165, 1.54) is 0 Å². The molecule has 1 saturated carbocycles. The van der Waals surface area contributed by atoms with Crippen molar-refractivity contribution in [3.8, 4) is 17.1 Å². The summed E-state index contributed by atoms with van der Waals surface area (Å²) in [5.74, 6) is 0.496. The van der Waals surface area contributed by atoms with Crippen LogP contribution >= 0.6 is 12.2 Å². The second-order valence-electron chi connectivity index (χ2n) is 7.96. The Labute approximate surface area is 190 Å². The van der Waals surface area contributed by atoms with Gasteiger partial charge >= 0.3 is 6.03 Å². The molecule has 2 heterocycles. The number of carbonyl (C=O) groups excluding carboxylic acids is 3. The van der Waals surface area contributed by atoms with Gasteiger partial charge in [0, 0.05) is 18.5 Å². The molecule has 0 atom stereocenters. The maximum absolute atomic E-state index is 12.8. The molecule has 0 bridgehead atoms. The Bertz CT molecular complexity index is 1070. The average Bonchev–Trinajstić information content (AvgIpc) is 3.26. The van der Waals surface area contributed by atoms with Crippen molar-refractivity contribution < 1.29 is 19.1 Å². The van der Waals surface area contributed by atoms with E-state index in [1.54, 1.807) is 4.57 Å². The zero-order chi connectivity index (χ0) is 22.7. The minimum absolute atomic E-state index is 0.0158. The molecular formula is C21H26N6O4S. The van der Waals surface area contributed by atoms with E-state index >= 15 is 0 Å². The molecule has 2 aliphatic rings. The topological polar surface area (TPSA) is 121 Å². The minimum Gasteiger partial charge on any atom is -0.494 e. The highest BCUT2D eigenvalue weighted by Crippen LogP contribution is 2.33. The second kappa shape index (κ2) is 9.11. The number of nitrogens with zero attached hydrogens (tertiary/aromatic N) is 3. The van der Waals surface area contributed by atoms with Gasteiger partial charge in [0.05, 0.1) is 6.61 Å². The van der Waals surface area contributed by atoms with E-state index in [4.69, 9.17) is 17.0 Å². The van der Waals surface area contributed by atoms with Gasteiger partial charge in [0.25, 0.3) is 5.91 Å². The molecule has 32 heavy (non-hydrogen) atoms. The molecule has 1 aliphatic heterocycles. The molecule has 1 aromatic carbocycles. The number of carbonyl (C=O) groups is 3. The number of nitrogens with one attached hydrogen (secondary N) is 3. The molecular weight excluding hydrogens is 432 g/mol. The van der Waals surface area contributed by atoms with Gasteiger partial charge in [-0.25, -0.2) is 4.79 Å². The van der Waals surface area contributed by atoms with E-state index in [9.17, 15) is 14.4 Å². The number of hydrogen-bond donors (Lipinski definition) is 3. The fourth-order valence-corrected chi connectivity index (χ4v) is 4.45. The largest absolute Gasteiger partial charge is 0.494 e. The Morgan fingerprint density at radius 2 is 1.94 bits per heavy atom. The van der Waals surface area contributed by atoms with Gasteiger partial charge in [-0.05, 0) is 56.2 Å².